The molecule has 2 fully saturated rings. The summed E-state index contributed by atoms with van der Waals surface area (Å²) in [6.45, 7) is 3.92. The maximum Gasteiger partial charge on any atom is 0.266 e. The predicted molar refractivity (Wildman–Crippen MR) is 111 cm³/mol. The molecule has 2 saturated heterocycles. The summed E-state index contributed by atoms with van der Waals surface area (Å²) in [5, 5.41) is 4.49. The van der Waals surface area contributed by atoms with E-state index in [0.29, 0.717) is 12.1 Å². The lowest BCUT2D eigenvalue weighted by Crippen LogP contribution is -2.42. The summed E-state index contributed by atoms with van der Waals surface area (Å²) in [5.74, 6) is 0.195. The number of nitrogens with zero attached hydrogens (tertiary/aromatic N) is 2. The number of benzene rings is 1. The normalized spacial score (nSPS) is 21.5. The van der Waals surface area contributed by atoms with Crippen LogP contribution in [0.1, 0.15) is 45.2 Å². The molecule has 7 heteroatoms. The van der Waals surface area contributed by atoms with E-state index in [2.05, 4.69) is 27.3 Å². The van der Waals surface area contributed by atoms with E-state index in [0.717, 1.165) is 54.4 Å². The highest BCUT2D eigenvalue weighted by Gasteiger charge is 2.39. The van der Waals surface area contributed by atoms with Crippen molar-refractivity contribution >= 4 is 42.1 Å². The van der Waals surface area contributed by atoms with Gasteiger partial charge in [-0.25, -0.2) is 4.98 Å². The minimum Gasteiger partial charge on any atom is -0.331 e. The molecule has 1 aromatic heterocycles. The third kappa shape index (κ3) is 4.22. The highest BCUT2D eigenvalue weighted by Crippen LogP contribution is 2.32. The Morgan fingerprint density at radius 3 is 2.69 bits per heavy atom. The Bertz CT molecular complexity index is 724. The molecule has 4 nitrogen and oxygen atoms in total. The van der Waals surface area contributed by atoms with Crippen LogP contribution >= 0.6 is 36.2 Å². The third-order valence-electron chi connectivity index (χ3n) is 5.12. The van der Waals surface area contributed by atoms with Gasteiger partial charge in [0.25, 0.3) is 5.91 Å². The highest BCUT2D eigenvalue weighted by atomic mass is 35.5. The van der Waals surface area contributed by atoms with Crippen molar-refractivity contribution in [1.82, 2.24) is 15.2 Å². The van der Waals surface area contributed by atoms with Crippen molar-refractivity contribution in [3.8, 4) is 0 Å². The topological polar surface area (TPSA) is 45.2 Å². The Kier molecular flexibility index (Phi) is 7.47. The number of aryl methyl sites for hydroxylation is 1. The monoisotopic (exact) mass is 413 g/mol. The van der Waals surface area contributed by atoms with Gasteiger partial charge in [0.15, 0.2) is 0 Å². The van der Waals surface area contributed by atoms with E-state index in [-0.39, 0.29) is 30.7 Å². The van der Waals surface area contributed by atoms with Gasteiger partial charge in [0.05, 0.1) is 10.7 Å². The fraction of sp³-hybridized carbons (Fsp3) is 0.474. The number of hydrogen-bond donors (Lipinski definition) is 1. The van der Waals surface area contributed by atoms with Gasteiger partial charge in [-0.1, -0.05) is 30.3 Å². The van der Waals surface area contributed by atoms with Gasteiger partial charge in [0.2, 0.25) is 0 Å². The van der Waals surface area contributed by atoms with Crippen molar-refractivity contribution in [2.45, 2.75) is 44.7 Å². The summed E-state index contributed by atoms with van der Waals surface area (Å²) in [4.78, 5) is 20.8. The van der Waals surface area contributed by atoms with E-state index in [9.17, 15) is 4.79 Å². The Morgan fingerprint density at radius 1 is 1.19 bits per heavy atom. The molecule has 2 aromatic rings. The van der Waals surface area contributed by atoms with Gasteiger partial charge in [-0.05, 0) is 38.3 Å². The number of thiazole rings is 1. The summed E-state index contributed by atoms with van der Waals surface area (Å²) >= 11 is 1.57. The Labute approximate surface area is 171 Å². The second-order valence-electron chi connectivity index (χ2n) is 6.77. The SMILES string of the molecule is Cc1nc(Cc2ccccc2)sc1C(=O)N1C2CCNCC1CC2.Cl.Cl. The minimum absolute atomic E-state index is 0. The maximum absolute atomic E-state index is 13.2. The molecule has 2 unspecified atom stereocenters. The molecule has 2 atom stereocenters. The van der Waals surface area contributed by atoms with Gasteiger partial charge in [-0.3, -0.25) is 4.79 Å². The molecule has 1 N–H and O–H groups in total. The Hall–Kier alpha value is -1.14. The molecule has 4 rings (SSSR count). The lowest BCUT2D eigenvalue weighted by Gasteiger charge is -2.27. The zero-order chi connectivity index (χ0) is 16.5. The standard InChI is InChI=1S/C19H23N3OS.2ClH/c1-13-18(24-17(21-13)11-14-5-3-2-4-6-14)19(23)22-15-7-8-16(22)12-20-10-9-15;;/h2-6,15-16,20H,7-12H2,1H3;2*1H. The van der Waals surface area contributed by atoms with Crippen molar-refractivity contribution in [3.05, 3.63) is 51.5 Å². The number of carbonyl (C=O) groups is 1. The number of aromatic nitrogens is 1. The second kappa shape index (κ2) is 9.18. The Balaban J connectivity index is 0.00000121. The van der Waals surface area contributed by atoms with Crippen LogP contribution in [0.5, 0.6) is 0 Å². The van der Waals surface area contributed by atoms with Gasteiger partial charge in [-0.15, -0.1) is 36.2 Å². The molecule has 0 spiro atoms. The van der Waals surface area contributed by atoms with Crippen molar-refractivity contribution in [2.75, 3.05) is 13.1 Å². The summed E-state index contributed by atoms with van der Waals surface area (Å²) in [7, 11) is 0. The average molecular weight is 414 g/mol. The lowest BCUT2D eigenvalue weighted by atomic mass is 10.1. The number of amides is 1. The summed E-state index contributed by atoms with van der Waals surface area (Å²) in [6, 6.07) is 11.1. The van der Waals surface area contributed by atoms with Gasteiger partial charge >= 0.3 is 0 Å². The van der Waals surface area contributed by atoms with E-state index < -0.39 is 0 Å². The van der Waals surface area contributed by atoms with E-state index in [4.69, 9.17) is 0 Å². The molecule has 2 aliphatic heterocycles. The predicted octanol–water partition coefficient (Wildman–Crippen LogP) is 3.85. The first-order valence-corrected chi connectivity index (χ1v) is 9.57. The lowest BCUT2D eigenvalue weighted by molar-refractivity contribution is 0.0684. The van der Waals surface area contributed by atoms with Crippen molar-refractivity contribution in [3.63, 3.8) is 0 Å². The zero-order valence-corrected chi connectivity index (χ0v) is 17.3. The van der Waals surface area contributed by atoms with Crippen LogP contribution in [0.15, 0.2) is 30.3 Å². The smallest absolute Gasteiger partial charge is 0.266 e. The van der Waals surface area contributed by atoms with Gasteiger partial charge in [0, 0.05) is 25.0 Å². The van der Waals surface area contributed by atoms with Crippen LogP contribution in [0.4, 0.5) is 0 Å². The van der Waals surface area contributed by atoms with E-state index >= 15 is 0 Å². The first kappa shape index (κ1) is 21.2. The molecule has 0 saturated carbocycles. The second-order valence-corrected chi connectivity index (χ2v) is 7.86. The largest absolute Gasteiger partial charge is 0.331 e. The first-order chi connectivity index (χ1) is 11.7. The molecule has 142 valence electrons. The number of halogens is 2. The van der Waals surface area contributed by atoms with Crippen molar-refractivity contribution < 1.29 is 4.79 Å². The fourth-order valence-corrected chi connectivity index (χ4v) is 4.97. The van der Waals surface area contributed by atoms with E-state index in [1.165, 1.54) is 5.56 Å². The van der Waals surface area contributed by atoms with E-state index in [1.54, 1.807) is 11.3 Å². The molecule has 2 bridgehead atoms. The van der Waals surface area contributed by atoms with E-state index in [1.807, 2.05) is 25.1 Å². The number of hydrogen-bond acceptors (Lipinski definition) is 4. The average Bonchev–Trinajstić information content (AvgIpc) is 3.06. The molecule has 2 aliphatic rings. The highest BCUT2D eigenvalue weighted by molar-refractivity contribution is 7.13. The summed E-state index contributed by atoms with van der Waals surface area (Å²) < 4.78 is 0. The number of rotatable bonds is 3. The fourth-order valence-electron chi connectivity index (χ4n) is 3.93. The third-order valence-corrected chi connectivity index (χ3v) is 6.27. The molecule has 1 amide bonds. The molecule has 26 heavy (non-hydrogen) atoms. The maximum atomic E-state index is 13.2. The zero-order valence-electron chi connectivity index (χ0n) is 14.8. The Morgan fingerprint density at radius 2 is 1.92 bits per heavy atom. The number of carbonyl (C=O) groups excluding carboxylic acids is 1. The molecular formula is C19H25Cl2N3OS. The number of fused-ring (bicyclic) bond motifs is 2. The minimum atomic E-state index is 0. The van der Waals surface area contributed by atoms with Crippen molar-refractivity contribution in [1.29, 1.82) is 0 Å². The molecule has 1 aromatic carbocycles. The van der Waals surface area contributed by atoms with Gasteiger partial charge in [0.1, 0.15) is 4.88 Å². The van der Waals surface area contributed by atoms with Crippen LogP contribution in [-0.2, 0) is 6.42 Å². The van der Waals surface area contributed by atoms with Crippen LogP contribution in [0.25, 0.3) is 0 Å². The summed E-state index contributed by atoms with van der Waals surface area (Å²) in [6.07, 6.45) is 4.13. The first-order valence-electron chi connectivity index (χ1n) is 8.76. The van der Waals surface area contributed by atoms with Crippen LogP contribution in [0.3, 0.4) is 0 Å². The molecule has 0 aliphatic carbocycles. The van der Waals surface area contributed by atoms with Crippen LogP contribution in [0, 0.1) is 6.92 Å². The molecule has 3 heterocycles. The quantitative estimate of drug-likeness (QED) is 0.830. The van der Waals surface area contributed by atoms with Gasteiger partial charge < -0.3 is 10.2 Å². The number of nitrogens with one attached hydrogen (secondary N) is 1. The van der Waals surface area contributed by atoms with Crippen LogP contribution in [0.2, 0.25) is 0 Å². The molecular weight excluding hydrogens is 389 g/mol. The van der Waals surface area contributed by atoms with Crippen molar-refractivity contribution in [2.24, 2.45) is 0 Å². The van der Waals surface area contributed by atoms with Crippen LogP contribution in [-0.4, -0.2) is 41.0 Å². The van der Waals surface area contributed by atoms with Crippen LogP contribution < -0.4 is 5.32 Å². The summed E-state index contributed by atoms with van der Waals surface area (Å²) in [5.41, 5.74) is 2.12. The molecule has 0 radical (unpaired) electrons. The van der Waals surface area contributed by atoms with Gasteiger partial charge in [-0.2, -0.15) is 0 Å².